The van der Waals surface area contributed by atoms with Gasteiger partial charge in [0, 0.05) is 25.2 Å². The number of aryl methyl sites for hydroxylation is 1. The van der Waals surface area contributed by atoms with Crippen LogP contribution < -0.4 is 16.2 Å². The zero-order chi connectivity index (χ0) is 22.4. The summed E-state index contributed by atoms with van der Waals surface area (Å²) in [6, 6.07) is 8.66. The molecule has 2 amide bonds. The summed E-state index contributed by atoms with van der Waals surface area (Å²) in [6.45, 7) is 0. The molecule has 0 aliphatic heterocycles. The maximum atomic E-state index is 12.9. The topological polar surface area (TPSA) is 137 Å². The second kappa shape index (κ2) is 9.43. The highest BCUT2D eigenvalue weighted by Gasteiger charge is 2.41. The number of benzene rings is 1. The van der Waals surface area contributed by atoms with Crippen molar-refractivity contribution < 1.29 is 14.7 Å². The number of aromatic nitrogens is 2. The summed E-state index contributed by atoms with van der Waals surface area (Å²) in [5.41, 5.74) is 0.935. The highest BCUT2D eigenvalue weighted by molar-refractivity contribution is 5.90. The summed E-state index contributed by atoms with van der Waals surface area (Å²) in [5.74, 6) is -0.452. The van der Waals surface area contributed by atoms with E-state index < -0.39 is 23.6 Å². The average molecular weight is 423 g/mol. The Bertz CT molecular complexity index is 1050. The minimum absolute atomic E-state index is 0.193. The molecule has 0 bridgehead atoms. The first kappa shape index (κ1) is 22.0. The van der Waals surface area contributed by atoms with Gasteiger partial charge in [-0.3, -0.25) is 9.59 Å². The van der Waals surface area contributed by atoms with Gasteiger partial charge in [0.25, 0.3) is 5.56 Å². The van der Waals surface area contributed by atoms with E-state index in [9.17, 15) is 24.8 Å². The summed E-state index contributed by atoms with van der Waals surface area (Å²) in [6.07, 6.45) is 5.26. The number of carbonyl (C=O) groups is 2. The molecule has 1 aromatic heterocycles. The molecule has 1 saturated carbocycles. The van der Waals surface area contributed by atoms with Gasteiger partial charge in [0.1, 0.15) is 11.6 Å². The Hall–Kier alpha value is -3.67. The van der Waals surface area contributed by atoms with Crippen molar-refractivity contribution in [1.29, 1.82) is 5.26 Å². The Morgan fingerprint density at radius 3 is 2.52 bits per heavy atom. The highest BCUT2D eigenvalue weighted by atomic mass is 16.4. The third-order valence-corrected chi connectivity index (χ3v) is 5.62. The molecule has 31 heavy (non-hydrogen) atoms. The lowest BCUT2D eigenvalue weighted by atomic mass is 9.80. The molecule has 1 unspecified atom stereocenters. The Balaban J connectivity index is 1.69. The lowest BCUT2D eigenvalue weighted by molar-refractivity contribution is -0.129. The van der Waals surface area contributed by atoms with E-state index in [-0.39, 0.29) is 12.0 Å². The summed E-state index contributed by atoms with van der Waals surface area (Å²) in [5, 5.41) is 23.8. The van der Waals surface area contributed by atoms with E-state index in [1.165, 1.54) is 10.8 Å². The first-order valence-electron chi connectivity index (χ1n) is 10.2. The average Bonchev–Trinajstić information content (AvgIpc) is 2.76. The third-order valence-electron chi connectivity index (χ3n) is 5.62. The molecule has 0 radical (unpaired) electrons. The van der Waals surface area contributed by atoms with Crippen molar-refractivity contribution >= 4 is 12.0 Å². The van der Waals surface area contributed by atoms with Gasteiger partial charge in [-0.25, -0.2) is 9.78 Å². The van der Waals surface area contributed by atoms with Crippen molar-refractivity contribution in [2.75, 3.05) is 0 Å². The van der Waals surface area contributed by atoms with Crippen molar-refractivity contribution in [3.8, 4) is 17.3 Å². The first-order valence-corrected chi connectivity index (χ1v) is 10.2. The van der Waals surface area contributed by atoms with Gasteiger partial charge in [0.05, 0.1) is 18.0 Å². The molecule has 0 spiro atoms. The van der Waals surface area contributed by atoms with Crippen LogP contribution in [0.25, 0.3) is 11.3 Å². The molecule has 1 atom stereocenters. The fourth-order valence-electron chi connectivity index (χ4n) is 3.89. The number of amides is 2. The standard InChI is InChI=1S/C22H25N5O4/c1-27-14-18(24-13-19(27)28)16-7-5-15(6-8-16)11-17(12-23)25-20(29)22(26-21(30)31)9-3-2-4-10-22/h5-8,13-14,17,26H,2-4,9-11H2,1H3,(H,25,29)(H,30,31). The maximum absolute atomic E-state index is 12.9. The smallest absolute Gasteiger partial charge is 0.405 e. The fraction of sp³-hybridized carbons (Fsp3) is 0.409. The molecule has 162 valence electrons. The summed E-state index contributed by atoms with van der Waals surface area (Å²) in [4.78, 5) is 39.8. The molecule has 1 heterocycles. The minimum atomic E-state index is -1.24. The van der Waals surface area contributed by atoms with Gasteiger partial charge < -0.3 is 20.3 Å². The van der Waals surface area contributed by atoms with Crippen LogP contribution in [0.3, 0.4) is 0 Å². The predicted octanol–water partition coefficient (Wildman–Crippen LogP) is 1.97. The van der Waals surface area contributed by atoms with Gasteiger partial charge in [0.2, 0.25) is 5.91 Å². The molecule has 0 saturated heterocycles. The second-order valence-corrected chi connectivity index (χ2v) is 7.85. The van der Waals surface area contributed by atoms with Gasteiger partial charge in [0.15, 0.2) is 0 Å². The molecule has 2 aromatic rings. The van der Waals surface area contributed by atoms with E-state index in [2.05, 4.69) is 21.7 Å². The molecule has 1 aliphatic carbocycles. The second-order valence-electron chi connectivity index (χ2n) is 7.85. The quantitative estimate of drug-likeness (QED) is 0.650. The third kappa shape index (κ3) is 5.28. The van der Waals surface area contributed by atoms with Gasteiger partial charge in [-0.15, -0.1) is 0 Å². The number of hydrogen-bond donors (Lipinski definition) is 3. The molecule has 1 fully saturated rings. The lowest BCUT2D eigenvalue weighted by Gasteiger charge is -2.36. The van der Waals surface area contributed by atoms with Crippen LogP contribution in [0.1, 0.15) is 37.7 Å². The Morgan fingerprint density at radius 2 is 1.94 bits per heavy atom. The Morgan fingerprint density at radius 1 is 1.26 bits per heavy atom. The van der Waals surface area contributed by atoms with E-state index in [1.807, 2.05) is 24.3 Å². The number of nitriles is 1. The van der Waals surface area contributed by atoms with Crippen LogP contribution in [0.15, 0.2) is 41.5 Å². The molecule has 3 N–H and O–H groups in total. The molecule has 9 heteroatoms. The Kier molecular flexibility index (Phi) is 6.70. The monoisotopic (exact) mass is 423 g/mol. The van der Waals surface area contributed by atoms with E-state index >= 15 is 0 Å². The van der Waals surface area contributed by atoms with Crippen LogP contribution in [0.2, 0.25) is 0 Å². The number of rotatable bonds is 6. The Labute approximate surface area is 179 Å². The summed E-state index contributed by atoms with van der Waals surface area (Å²) < 4.78 is 1.45. The predicted molar refractivity (Wildman–Crippen MR) is 113 cm³/mol. The van der Waals surface area contributed by atoms with Gasteiger partial charge in [-0.2, -0.15) is 5.26 Å². The number of carboxylic acid groups (broad SMARTS) is 1. The highest BCUT2D eigenvalue weighted by Crippen LogP contribution is 2.29. The van der Waals surface area contributed by atoms with E-state index in [1.54, 1.807) is 13.2 Å². The largest absolute Gasteiger partial charge is 0.465 e. The van der Waals surface area contributed by atoms with E-state index in [4.69, 9.17) is 0 Å². The van der Waals surface area contributed by atoms with Crippen molar-refractivity contribution in [1.82, 2.24) is 20.2 Å². The van der Waals surface area contributed by atoms with Crippen molar-refractivity contribution in [2.45, 2.75) is 50.1 Å². The molecule has 3 rings (SSSR count). The number of carbonyl (C=O) groups excluding carboxylic acids is 1. The fourth-order valence-corrected chi connectivity index (χ4v) is 3.89. The van der Waals surface area contributed by atoms with Crippen molar-refractivity contribution in [3.05, 3.63) is 52.6 Å². The lowest BCUT2D eigenvalue weighted by Crippen LogP contribution is -2.61. The number of hydrogen-bond acceptors (Lipinski definition) is 5. The molecular formula is C22H25N5O4. The van der Waals surface area contributed by atoms with Crippen LogP contribution >= 0.6 is 0 Å². The summed E-state index contributed by atoms with van der Waals surface area (Å²) in [7, 11) is 1.65. The van der Waals surface area contributed by atoms with Crippen LogP contribution in [0, 0.1) is 11.3 Å². The SMILES string of the molecule is Cn1cc(-c2ccc(CC(C#N)NC(=O)C3(NC(=O)O)CCCCC3)cc2)ncc1=O. The van der Waals surface area contributed by atoms with E-state index in [0.717, 1.165) is 30.4 Å². The van der Waals surface area contributed by atoms with Crippen LogP contribution in [0.4, 0.5) is 4.79 Å². The zero-order valence-corrected chi connectivity index (χ0v) is 17.3. The van der Waals surface area contributed by atoms with Gasteiger partial charge in [-0.1, -0.05) is 43.5 Å². The molecule has 1 aliphatic rings. The van der Waals surface area contributed by atoms with Crippen LogP contribution in [0.5, 0.6) is 0 Å². The molecule has 1 aromatic carbocycles. The van der Waals surface area contributed by atoms with Crippen molar-refractivity contribution in [3.63, 3.8) is 0 Å². The normalized spacial score (nSPS) is 16.0. The summed E-state index contributed by atoms with van der Waals surface area (Å²) >= 11 is 0. The first-order chi connectivity index (χ1) is 14.8. The van der Waals surface area contributed by atoms with Gasteiger partial charge in [-0.05, 0) is 18.4 Å². The van der Waals surface area contributed by atoms with Crippen LogP contribution in [-0.4, -0.2) is 38.2 Å². The van der Waals surface area contributed by atoms with E-state index in [0.29, 0.717) is 18.5 Å². The number of nitrogens with one attached hydrogen (secondary N) is 2. The molecular weight excluding hydrogens is 398 g/mol. The van der Waals surface area contributed by atoms with Gasteiger partial charge >= 0.3 is 6.09 Å². The minimum Gasteiger partial charge on any atom is -0.465 e. The molecule has 9 nitrogen and oxygen atoms in total. The van der Waals surface area contributed by atoms with Crippen molar-refractivity contribution in [2.24, 2.45) is 7.05 Å². The maximum Gasteiger partial charge on any atom is 0.405 e. The van der Waals surface area contributed by atoms with Crippen LogP contribution in [-0.2, 0) is 18.3 Å². The number of nitrogens with zero attached hydrogens (tertiary/aromatic N) is 3. The zero-order valence-electron chi connectivity index (χ0n) is 17.3.